The molecule has 108 valence electrons. The van der Waals surface area contributed by atoms with Crippen LogP contribution in [-0.4, -0.2) is 29.9 Å². The molecule has 1 aromatic carbocycles. The van der Waals surface area contributed by atoms with Crippen molar-refractivity contribution in [1.29, 1.82) is 0 Å². The van der Waals surface area contributed by atoms with Gasteiger partial charge in [-0.3, -0.25) is 9.69 Å². The predicted molar refractivity (Wildman–Crippen MR) is 82.0 cm³/mol. The van der Waals surface area contributed by atoms with Crippen LogP contribution in [0.4, 0.5) is 5.69 Å². The summed E-state index contributed by atoms with van der Waals surface area (Å²) in [4.78, 5) is 14.5. The molecule has 3 rings (SSSR count). The number of likely N-dealkylation sites (tertiary alicyclic amines) is 1. The first-order chi connectivity index (χ1) is 9.72. The van der Waals surface area contributed by atoms with Crippen molar-refractivity contribution in [2.45, 2.75) is 51.5 Å². The number of hydrogen-bond donors (Lipinski definition) is 1. The molecule has 1 heterocycles. The van der Waals surface area contributed by atoms with Crippen molar-refractivity contribution in [1.82, 2.24) is 4.90 Å². The molecular weight excluding hydrogens is 248 g/mol. The monoisotopic (exact) mass is 272 g/mol. The van der Waals surface area contributed by atoms with Crippen molar-refractivity contribution >= 4 is 11.6 Å². The lowest BCUT2D eigenvalue weighted by Crippen LogP contribution is -2.42. The molecule has 0 spiro atoms. The summed E-state index contributed by atoms with van der Waals surface area (Å²) in [5.41, 5.74) is 3.82. The number of rotatable bonds is 3. The smallest absolute Gasteiger partial charge is 0.238 e. The molecule has 0 unspecified atom stereocenters. The van der Waals surface area contributed by atoms with Crippen molar-refractivity contribution in [2.24, 2.45) is 0 Å². The quantitative estimate of drug-likeness (QED) is 0.917. The Morgan fingerprint density at radius 2 is 2.10 bits per heavy atom. The predicted octanol–water partition coefficient (Wildman–Crippen LogP) is 2.99. The van der Waals surface area contributed by atoms with Gasteiger partial charge in [-0.2, -0.15) is 0 Å². The highest BCUT2D eigenvalue weighted by Gasteiger charge is 2.20. The van der Waals surface area contributed by atoms with E-state index in [4.69, 9.17) is 0 Å². The van der Waals surface area contributed by atoms with E-state index in [-0.39, 0.29) is 5.91 Å². The molecule has 2 aliphatic rings. The van der Waals surface area contributed by atoms with E-state index in [0.717, 1.165) is 18.7 Å². The van der Waals surface area contributed by atoms with Crippen molar-refractivity contribution in [2.75, 3.05) is 18.4 Å². The normalized spacial score (nSPS) is 22.6. The van der Waals surface area contributed by atoms with Gasteiger partial charge in [-0.15, -0.1) is 0 Å². The van der Waals surface area contributed by atoms with Crippen molar-refractivity contribution in [3.63, 3.8) is 0 Å². The topological polar surface area (TPSA) is 32.3 Å². The Morgan fingerprint density at radius 1 is 1.25 bits per heavy atom. The molecule has 1 aromatic rings. The van der Waals surface area contributed by atoms with Crippen molar-refractivity contribution in [3.8, 4) is 0 Å². The van der Waals surface area contributed by atoms with Crippen LogP contribution in [0.5, 0.6) is 0 Å². The molecule has 0 bridgehead atoms. The zero-order valence-corrected chi connectivity index (χ0v) is 12.3. The van der Waals surface area contributed by atoms with Gasteiger partial charge in [-0.25, -0.2) is 0 Å². The molecule has 1 N–H and O–H groups in total. The van der Waals surface area contributed by atoms with Gasteiger partial charge >= 0.3 is 0 Å². The summed E-state index contributed by atoms with van der Waals surface area (Å²) in [6.07, 6.45) is 7.32. The third-order valence-corrected chi connectivity index (χ3v) is 4.67. The number of carbonyl (C=O) groups excluding carboxylic acids is 1. The number of nitrogens with one attached hydrogen (secondary N) is 1. The highest BCUT2D eigenvalue weighted by atomic mass is 16.2. The van der Waals surface area contributed by atoms with Crippen LogP contribution in [-0.2, 0) is 17.6 Å². The number of benzene rings is 1. The molecule has 1 amide bonds. The first-order valence-electron chi connectivity index (χ1n) is 7.88. The van der Waals surface area contributed by atoms with Crippen LogP contribution in [0.3, 0.4) is 0 Å². The molecule has 3 heteroatoms. The van der Waals surface area contributed by atoms with E-state index >= 15 is 0 Å². The minimum atomic E-state index is 0.122. The summed E-state index contributed by atoms with van der Waals surface area (Å²) in [5, 5.41) is 3.06. The SMILES string of the molecule is C[C@H]1CCCCN1CC(=O)Nc1ccc2c(c1)CCC2. The van der Waals surface area contributed by atoms with Gasteiger partial charge in [-0.05, 0) is 68.8 Å². The number of fused-ring (bicyclic) bond motifs is 1. The third kappa shape index (κ3) is 3.04. The zero-order chi connectivity index (χ0) is 13.9. The van der Waals surface area contributed by atoms with Gasteiger partial charge in [0.25, 0.3) is 0 Å². The second kappa shape index (κ2) is 5.96. The van der Waals surface area contributed by atoms with Gasteiger partial charge in [0.2, 0.25) is 5.91 Å². The van der Waals surface area contributed by atoms with E-state index in [1.54, 1.807) is 0 Å². The molecule has 1 atom stereocenters. The minimum absolute atomic E-state index is 0.122. The second-order valence-corrected chi connectivity index (χ2v) is 6.20. The van der Waals surface area contributed by atoms with Gasteiger partial charge in [0.05, 0.1) is 6.54 Å². The summed E-state index contributed by atoms with van der Waals surface area (Å²) in [6.45, 7) is 3.80. The standard InChI is InChI=1S/C17H24N2O/c1-13-5-2-3-10-19(13)12-17(20)18-16-9-8-14-6-4-7-15(14)11-16/h8-9,11,13H,2-7,10,12H2,1H3,(H,18,20)/t13-/m0/s1. The van der Waals surface area contributed by atoms with Crippen LogP contribution in [0.1, 0.15) is 43.7 Å². The van der Waals surface area contributed by atoms with E-state index in [9.17, 15) is 4.79 Å². The third-order valence-electron chi connectivity index (χ3n) is 4.67. The van der Waals surface area contributed by atoms with Crippen molar-refractivity contribution < 1.29 is 4.79 Å². The Morgan fingerprint density at radius 3 is 2.95 bits per heavy atom. The van der Waals surface area contributed by atoms with Gasteiger partial charge in [-0.1, -0.05) is 12.5 Å². The Hall–Kier alpha value is -1.35. The number of anilines is 1. The molecule has 1 fully saturated rings. The van der Waals surface area contributed by atoms with Gasteiger partial charge in [0.1, 0.15) is 0 Å². The van der Waals surface area contributed by atoms with Gasteiger partial charge in [0.15, 0.2) is 0 Å². The zero-order valence-electron chi connectivity index (χ0n) is 12.3. The highest BCUT2D eigenvalue weighted by Crippen LogP contribution is 2.25. The lowest BCUT2D eigenvalue weighted by molar-refractivity contribution is -0.118. The first kappa shape index (κ1) is 13.6. The Bertz CT molecular complexity index is 498. The van der Waals surface area contributed by atoms with Gasteiger partial charge < -0.3 is 5.32 Å². The lowest BCUT2D eigenvalue weighted by atomic mass is 10.0. The van der Waals surface area contributed by atoms with Crippen LogP contribution in [0.25, 0.3) is 0 Å². The Kier molecular flexibility index (Phi) is 4.06. The molecule has 0 radical (unpaired) electrons. The average Bonchev–Trinajstić information content (AvgIpc) is 2.89. The molecule has 1 aliphatic carbocycles. The maximum atomic E-state index is 12.2. The Balaban J connectivity index is 1.58. The summed E-state index contributed by atoms with van der Waals surface area (Å²) >= 11 is 0. The average molecular weight is 272 g/mol. The van der Waals surface area contributed by atoms with E-state index in [0.29, 0.717) is 12.6 Å². The molecule has 0 saturated carbocycles. The van der Waals surface area contributed by atoms with Crippen molar-refractivity contribution in [3.05, 3.63) is 29.3 Å². The van der Waals surface area contributed by atoms with E-state index in [1.165, 1.54) is 43.2 Å². The largest absolute Gasteiger partial charge is 0.325 e. The minimum Gasteiger partial charge on any atom is -0.325 e. The fourth-order valence-electron chi connectivity index (χ4n) is 3.43. The molecule has 1 saturated heterocycles. The summed E-state index contributed by atoms with van der Waals surface area (Å²) in [7, 11) is 0. The first-order valence-corrected chi connectivity index (χ1v) is 7.88. The fraction of sp³-hybridized carbons (Fsp3) is 0.588. The Labute approximate surface area is 121 Å². The number of aryl methyl sites for hydroxylation is 2. The van der Waals surface area contributed by atoms with Crippen LogP contribution in [0.2, 0.25) is 0 Å². The van der Waals surface area contributed by atoms with E-state index in [1.807, 2.05) is 6.07 Å². The maximum Gasteiger partial charge on any atom is 0.238 e. The summed E-state index contributed by atoms with van der Waals surface area (Å²) < 4.78 is 0. The number of piperidine rings is 1. The molecular formula is C17H24N2O. The molecule has 20 heavy (non-hydrogen) atoms. The lowest BCUT2D eigenvalue weighted by Gasteiger charge is -2.32. The molecule has 3 nitrogen and oxygen atoms in total. The van der Waals surface area contributed by atoms with Crippen LogP contribution in [0.15, 0.2) is 18.2 Å². The highest BCUT2D eigenvalue weighted by molar-refractivity contribution is 5.92. The fourth-order valence-corrected chi connectivity index (χ4v) is 3.43. The number of hydrogen-bond acceptors (Lipinski definition) is 2. The number of amides is 1. The molecule has 0 aromatic heterocycles. The maximum absolute atomic E-state index is 12.2. The summed E-state index contributed by atoms with van der Waals surface area (Å²) in [5.74, 6) is 0.122. The number of nitrogens with zero attached hydrogens (tertiary/aromatic N) is 1. The van der Waals surface area contributed by atoms with E-state index in [2.05, 4.69) is 29.3 Å². The number of carbonyl (C=O) groups is 1. The van der Waals surface area contributed by atoms with Gasteiger partial charge in [0, 0.05) is 11.7 Å². The summed E-state index contributed by atoms with van der Waals surface area (Å²) in [6, 6.07) is 6.90. The molecule has 1 aliphatic heterocycles. The van der Waals surface area contributed by atoms with Crippen LogP contribution in [0, 0.1) is 0 Å². The van der Waals surface area contributed by atoms with Crippen LogP contribution >= 0.6 is 0 Å². The van der Waals surface area contributed by atoms with E-state index < -0.39 is 0 Å². The van der Waals surface area contributed by atoms with Crippen LogP contribution < -0.4 is 5.32 Å². The second-order valence-electron chi connectivity index (χ2n) is 6.20.